The molecule has 0 saturated carbocycles. The number of ether oxygens (including phenoxy) is 1. The van der Waals surface area contributed by atoms with Crippen molar-refractivity contribution < 1.29 is 14.3 Å². The summed E-state index contributed by atoms with van der Waals surface area (Å²) < 4.78 is 6.98. The van der Waals surface area contributed by atoms with Gasteiger partial charge in [0.2, 0.25) is 0 Å². The Morgan fingerprint density at radius 2 is 1.88 bits per heavy atom. The van der Waals surface area contributed by atoms with Crippen molar-refractivity contribution in [2.45, 2.75) is 13.5 Å². The zero-order valence-electron chi connectivity index (χ0n) is 17.0. The van der Waals surface area contributed by atoms with Gasteiger partial charge >= 0.3 is 5.97 Å². The number of anilines is 1. The van der Waals surface area contributed by atoms with Gasteiger partial charge in [-0.3, -0.25) is 4.79 Å². The number of hydrogen-bond donors (Lipinski definition) is 1. The summed E-state index contributed by atoms with van der Waals surface area (Å²) in [6.07, 6.45) is 1.57. The zero-order chi connectivity index (χ0) is 22.7. The fourth-order valence-corrected chi connectivity index (χ4v) is 3.55. The van der Waals surface area contributed by atoms with Crippen LogP contribution in [0.4, 0.5) is 5.69 Å². The first kappa shape index (κ1) is 21.8. The van der Waals surface area contributed by atoms with E-state index in [0.717, 1.165) is 5.56 Å². The molecule has 0 unspecified atom stereocenters. The molecule has 4 rings (SSSR count). The van der Waals surface area contributed by atoms with E-state index in [1.54, 1.807) is 35.1 Å². The van der Waals surface area contributed by atoms with E-state index in [0.29, 0.717) is 34.0 Å². The number of nitrogens with zero attached hydrogens (tertiary/aromatic N) is 3. The number of halogens is 2. The van der Waals surface area contributed by atoms with Gasteiger partial charge in [-0.05, 0) is 25.1 Å². The Kier molecular flexibility index (Phi) is 6.39. The van der Waals surface area contributed by atoms with E-state index in [9.17, 15) is 9.59 Å². The first-order valence-corrected chi connectivity index (χ1v) is 10.6. The first-order valence-electron chi connectivity index (χ1n) is 9.81. The number of nitrogens with one attached hydrogen (secondary N) is 1. The summed E-state index contributed by atoms with van der Waals surface area (Å²) in [5.74, 6) is -1.20. The van der Waals surface area contributed by atoms with Crippen LogP contribution >= 0.6 is 23.2 Å². The molecule has 0 saturated heterocycles. The van der Waals surface area contributed by atoms with Crippen LogP contribution in [-0.2, 0) is 16.1 Å². The Balaban J connectivity index is 1.58. The van der Waals surface area contributed by atoms with Crippen molar-refractivity contribution in [3.63, 3.8) is 0 Å². The van der Waals surface area contributed by atoms with Gasteiger partial charge in [-0.2, -0.15) is 5.10 Å². The van der Waals surface area contributed by atoms with Gasteiger partial charge < -0.3 is 10.1 Å². The predicted octanol–water partition coefficient (Wildman–Crippen LogP) is 5.22. The molecule has 1 amide bonds. The van der Waals surface area contributed by atoms with Crippen LogP contribution in [-0.4, -0.2) is 33.2 Å². The van der Waals surface area contributed by atoms with Crippen LogP contribution in [0.3, 0.4) is 0 Å². The van der Waals surface area contributed by atoms with Gasteiger partial charge in [0.05, 0.1) is 38.6 Å². The van der Waals surface area contributed by atoms with Crippen LogP contribution in [0.15, 0.2) is 60.8 Å². The fourth-order valence-electron chi connectivity index (χ4n) is 3.20. The number of pyridine rings is 1. The van der Waals surface area contributed by atoms with E-state index in [1.165, 1.54) is 0 Å². The monoisotopic (exact) mass is 468 g/mol. The molecule has 0 bridgehead atoms. The van der Waals surface area contributed by atoms with E-state index in [4.69, 9.17) is 27.9 Å². The Hall–Kier alpha value is -3.42. The normalized spacial score (nSPS) is 10.8. The van der Waals surface area contributed by atoms with Gasteiger partial charge in [-0.25, -0.2) is 14.5 Å². The second-order valence-corrected chi connectivity index (χ2v) is 7.63. The number of fused-ring (bicyclic) bond motifs is 1. The largest absolute Gasteiger partial charge is 0.452 e. The Bertz CT molecular complexity index is 1310. The molecule has 4 aromatic rings. The van der Waals surface area contributed by atoms with E-state index >= 15 is 0 Å². The second-order valence-electron chi connectivity index (χ2n) is 6.84. The summed E-state index contributed by atoms with van der Waals surface area (Å²) in [7, 11) is 0. The number of esters is 1. The standard InChI is InChI=1S/C23H18Cl2N4O3/c1-2-29-22-16(12-26-29)15(11-19(28-22)14-7-4-3-5-8-14)23(31)32-13-20(30)27-18-10-6-9-17(24)21(18)25/h3-12H,2,13H2,1H3,(H,27,30). The third kappa shape index (κ3) is 4.44. The summed E-state index contributed by atoms with van der Waals surface area (Å²) in [5, 5.41) is 7.96. The lowest BCUT2D eigenvalue weighted by Crippen LogP contribution is -2.21. The van der Waals surface area contributed by atoms with Crippen molar-refractivity contribution in [3.05, 3.63) is 76.4 Å². The van der Waals surface area contributed by atoms with Crippen molar-refractivity contribution >= 4 is 51.8 Å². The highest BCUT2D eigenvalue weighted by atomic mass is 35.5. The van der Waals surface area contributed by atoms with Crippen molar-refractivity contribution in [3.8, 4) is 11.3 Å². The number of carbonyl (C=O) groups is 2. The van der Waals surface area contributed by atoms with Gasteiger partial charge in [-0.1, -0.05) is 59.6 Å². The van der Waals surface area contributed by atoms with Gasteiger partial charge in [0.1, 0.15) is 0 Å². The van der Waals surface area contributed by atoms with Crippen LogP contribution in [0.1, 0.15) is 17.3 Å². The molecule has 0 radical (unpaired) electrons. The van der Waals surface area contributed by atoms with Crippen LogP contribution < -0.4 is 5.32 Å². The molecule has 0 spiro atoms. The molecular weight excluding hydrogens is 451 g/mol. The smallest absolute Gasteiger partial charge is 0.339 e. The van der Waals surface area contributed by atoms with Crippen molar-refractivity contribution in [1.82, 2.24) is 14.8 Å². The molecule has 2 aromatic heterocycles. The van der Waals surface area contributed by atoms with Gasteiger partial charge in [0.15, 0.2) is 12.3 Å². The highest BCUT2D eigenvalue weighted by Crippen LogP contribution is 2.29. The summed E-state index contributed by atoms with van der Waals surface area (Å²) in [5.41, 5.74) is 2.64. The molecule has 0 fully saturated rings. The number of aryl methyl sites for hydroxylation is 1. The zero-order valence-corrected chi connectivity index (χ0v) is 18.5. The maximum Gasteiger partial charge on any atom is 0.339 e. The fraction of sp³-hybridized carbons (Fsp3) is 0.130. The molecule has 0 aliphatic rings. The average molecular weight is 469 g/mol. The molecule has 0 atom stereocenters. The number of rotatable bonds is 6. The average Bonchev–Trinajstić information content (AvgIpc) is 3.23. The first-order chi connectivity index (χ1) is 15.5. The Labute approximate surface area is 193 Å². The third-order valence-corrected chi connectivity index (χ3v) is 5.58. The van der Waals surface area contributed by atoms with Gasteiger partial charge in [0.25, 0.3) is 5.91 Å². The quantitative estimate of drug-likeness (QED) is 0.392. The van der Waals surface area contributed by atoms with Gasteiger partial charge in [-0.15, -0.1) is 0 Å². The van der Waals surface area contributed by atoms with Crippen LogP contribution in [0.5, 0.6) is 0 Å². The third-order valence-electron chi connectivity index (χ3n) is 4.76. The number of carbonyl (C=O) groups excluding carboxylic acids is 2. The lowest BCUT2D eigenvalue weighted by Gasteiger charge is -2.10. The van der Waals surface area contributed by atoms with Crippen molar-refractivity contribution in [2.24, 2.45) is 0 Å². The van der Waals surface area contributed by atoms with E-state index < -0.39 is 18.5 Å². The van der Waals surface area contributed by atoms with Crippen LogP contribution in [0.2, 0.25) is 10.0 Å². The van der Waals surface area contributed by atoms with E-state index in [-0.39, 0.29) is 10.6 Å². The molecule has 0 aliphatic heterocycles. The topological polar surface area (TPSA) is 86.1 Å². The van der Waals surface area contributed by atoms with E-state index in [2.05, 4.69) is 15.4 Å². The molecule has 1 N–H and O–H groups in total. The molecule has 7 nitrogen and oxygen atoms in total. The Morgan fingerprint density at radius 3 is 2.62 bits per heavy atom. The molecule has 162 valence electrons. The maximum atomic E-state index is 12.9. The molecule has 2 aromatic carbocycles. The van der Waals surface area contributed by atoms with Crippen LogP contribution in [0, 0.1) is 0 Å². The second kappa shape index (κ2) is 9.38. The highest BCUT2D eigenvalue weighted by Gasteiger charge is 2.19. The van der Waals surface area contributed by atoms with Crippen molar-refractivity contribution in [1.29, 1.82) is 0 Å². The number of hydrogen-bond acceptors (Lipinski definition) is 5. The van der Waals surface area contributed by atoms with Gasteiger partial charge in [0, 0.05) is 12.1 Å². The number of amides is 1. The highest BCUT2D eigenvalue weighted by molar-refractivity contribution is 6.44. The summed E-state index contributed by atoms with van der Waals surface area (Å²) in [4.78, 5) is 29.9. The lowest BCUT2D eigenvalue weighted by atomic mass is 10.1. The minimum Gasteiger partial charge on any atom is -0.452 e. The molecule has 2 heterocycles. The minimum atomic E-state index is -0.655. The summed E-state index contributed by atoms with van der Waals surface area (Å²) in [6, 6.07) is 16.0. The molecule has 32 heavy (non-hydrogen) atoms. The molecule has 0 aliphatic carbocycles. The maximum absolute atomic E-state index is 12.9. The minimum absolute atomic E-state index is 0.212. The predicted molar refractivity (Wildman–Crippen MR) is 124 cm³/mol. The molecular formula is C23H18Cl2N4O3. The summed E-state index contributed by atoms with van der Waals surface area (Å²) >= 11 is 12.0. The SMILES string of the molecule is CCn1ncc2c(C(=O)OCC(=O)Nc3cccc(Cl)c3Cl)cc(-c3ccccc3)nc21. The lowest BCUT2D eigenvalue weighted by molar-refractivity contribution is -0.119. The number of benzene rings is 2. The van der Waals surface area contributed by atoms with E-state index in [1.807, 2.05) is 37.3 Å². The Morgan fingerprint density at radius 1 is 1.09 bits per heavy atom. The van der Waals surface area contributed by atoms with Crippen LogP contribution in [0.25, 0.3) is 22.3 Å². The summed E-state index contributed by atoms with van der Waals surface area (Å²) in [6.45, 7) is 2.03. The number of aromatic nitrogens is 3. The molecule has 9 heteroatoms. The van der Waals surface area contributed by atoms with Crippen molar-refractivity contribution in [2.75, 3.05) is 11.9 Å².